The quantitative estimate of drug-likeness (QED) is 0.766. The van der Waals surface area contributed by atoms with Gasteiger partial charge in [-0.25, -0.2) is 4.39 Å². The number of rotatable bonds is 3. The lowest BCUT2D eigenvalue weighted by Gasteiger charge is -2.08. The Balaban J connectivity index is 2.75. The number of aliphatic hydroxyl groups is 1. The third kappa shape index (κ3) is 2.71. The van der Waals surface area contributed by atoms with Crippen molar-refractivity contribution in [3.8, 4) is 6.07 Å². The van der Waals surface area contributed by atoms with Crippen LogP contribution >= 0.6 is 0 Å². The molecule has 0 bridgehead atoms. The van der Waals surface area contributed by atoms with Crippen LogP contribution < -0.4 is 5.32 Å². The smallest absolute Gasteiger partial charge is 0.147 e. The second kappa shape index (κ2) is 4.58. The fourth-order valence-corrected chi connectivity index (χ4v) is 0.986. The average Bonchev–Trinajstić information content (AvgIpc) is 2.15. The topological polar surface area (TPSA) is 56.0 Å². The summed E-state index contributed by atoms with van der Waals surface area (Å²) in [6, 6.07) is 6.00. The van der Waals surface area contributed by atoms with Crippen LogP contribution in [0.4, 0.5) is 10.1 Å². The normalized spacial score (nSPS) is 11.9. The predicted molar refractivity (Wildman–Crippen MR) is 51.3 cm³/mol. The van der Waals surface area contributed by atoms with E-state index < -0.39 is 11.9 Å². The molecule has 74 valence electrons. The van der Waals surface area contributed by atoms with Crippen molar-refractivity contribution in [3.63, 3.8) is 0 Å². The largest absolute Gasteiger partial charge is 0.392 e. The molecule has 0 aromatic heterocycles. The van der Waals surface area contributed by atoms with Crippen molar-refractivity contribution in [2.75, 3.05) is 11.9 Å². The lowest BCUT2D eigenvalue weighted by molar-refractivity contribution is 0.208. The van der Waals surface area contributed by atoms with Crippen LogP contribution in [0.25, 0.3) is 0 Å². The van der Waals surface area contributed by atoms with Gasteiger partial charge in [-0.15, -0.1) is 0 Å². The number of nitriles is 1. The maximum atomic E-state index is 13.2. The molecule has 0 heterocycles. The van der Waals surface area contributed by atoms with Gasteiger partial charge in [-0.2, -0.15) is 5.26 Å². The summed E-state index contributed by atoms with van der Waals surface area (Å²) in [5.74, 6) is -0.482. The SMILES string of the molecule is C[C@@H](O)CNc1ccc(C#N)cc1F. The van der Waals surface area contributed by atoms with Crippen LogP contribution in [-0.4, -0.2) is 17.8 Å². The van der Waals surface area contributed by atoms with Gasteiger partial charge < -0.3 is 10.4 Å². The Hall–Kier alpha value is -1.60. The van der Waals surface area contributed by atoms with Crippen molar-refractivity contribution in [2.45, 2.75) is 13.0 Å². The molecule has 0 saturated heterocycles. The molecule has 0 amide bonds. The molecule has 0 saturated carbocycles. The standard InChI is InChI=1S/C10H11FN2O/c1-7(14)6-13-10-3-2-8(5-12)4-9(10)11/h2-4,7,13-14H,6H2,1H3/t7-/m1/s1. The monoisotopic (exact) mass is 194 g/mol. The van der Waals surface area contributed by atoms with Crippen molar-refractivity contribution in [1.82, 2.24) is 0 Å². The van der Waals surface area contributed by atoms with E-state index in [2.05, 4.69) is 5.32 Å². The van der Waals surface area contributed by atoms with Crippen molar-refractivity contribution >= 4 is 5.69 Å². The van der Waals surface area contributed by atoms with Crippen LogP contribution in [0.5, 0.6) is 0 Å². The van der Waals surface area contributed by atoms with Crippen molar-refractivity contribution in [1.29, 1.82) is 5.26 Å². The number of hydrogen-bond acceptors (Lipinski definition) is 3. The zero-order chi connectivity index (χ0) is 10.6. The van der Waals surface area contributed by atoms with E-state index in [4.69, 9.17) is 10.4 Å². The number of nitrogens with zero attached hydrogens (tertiary/aromatic N) is 1. The minimum Gasteiger partial charge on any atom is -0.392 e. The molecule has 0 fully saturated rings. The molecular formula is C10H11FN2O. The van der Waals surface area contributed by atoms with Gasteiger partial charge in [0.15, 0.2) is 0 Å². The summed E-state index contributed by atoms with van der Waals surface area (Å²) in [5.41, 5.74) is 0.579. The fraction of sp³-hybridized carbons (Fsp3) is 0.300. The highest BCUT2D eigenvalue weighted by Gasteiger charge is 2.03. The molecule has 0 radical (unpaired) electrons. The number of anilines is 1. The Morgan fingerprint density at radius 3 is 2.86 bits per heavy atom. The molecule has 0 aliphatic heterocycles. The van der Waals surface area contributed by atoms with Crippen LogP contribution in [0.3, 0.4) is 0 Å². The number of hydrogen-bond donors (Lipinski definition) is 2. The van der Waals surface area contributed by atoms with Gasteiger partial charge in [0, 0.05) is 6.54 Å². The molecule has 3 nitrogen and oxygen atoms in total. The van der Waals surface area contributed by atoms with Gasteiger partial charge in [0.25, 0.3) is 0 Å². The Bertz CT molecular complexity index is 358. The van der Waals surface area contributed by atoms with Crippen LogP contribution in [0.1, 0.15) is 12.5 Å². The molecule has 1 aromatic carbocycles. The van der Waals surface area contributed by atoms with E-state index in [1.54, 1.807) is 6.92 Å². The third-order valence-corrected chi connectivity index (χ3v) is 1.69. The lowest BCUT2D eigenvalue weighted by Crippen LogP contribution is -2.15. The summed E-state index contributed by atoms with van der Waals surface area (Å²) in [5, 5.41) is 20.2. The first-order chi connectivity index (χ1) is 6.63. The Kier molecular flexibility index (Phi) is 3.43. The second-order valence-electron chi connectivity index (χ2n) is 3.04. The first-order valence-electron chi connectivity index (χ1n) is 4.25. The van der Waals surface area contributed by atoms with Crippen LogP contribution in [0.2, 0.25) is 0 Å². The number of halogens is 1. The molecule has 0 spiro atoms. The van der Waals surface area contributed by atoms with Gasteiger partial charge in [-0.3, -0.25) is 0 Å². The van der Waals surface area contributed by atoms with Crippen molar-refractivity contribution < 1.29 is 9.50 Å². The van der Waals surface area contributed by atoms with Gasteiger partial charge in [-0.05, 0) is 25.1 Å². The molecule has 14 heavy (non-hydrogen) atoms. The van der Waals surface area contributed by atoms with E-state index in [0.717, 1.165) is 6.07 Å². The van der Waals surface area contributed by atoms with E-state index in [9.17, 15) is 4.39 Å². The van der Waals surface area contributed by atoms with E-state index in [-0.39, 0.29) is 12.1 Å². The van der Waals surface area contributed by atoms with Crippen LogP contribution in [-0.2, 0) is 0 Å². The van der Waals surface area contributed by atoms with E-state index >= 15 is 0 Å². The molecule has 0 unspecified atom stereocenters. The molecule has 1 atom stereocenters. The minimum atomic E-state index is -0.537. The molecule has 4 heteroatoms. The first-order valence-corrected chi connectivity index (χ1v) is 4.25. The Labute approximate surface area is 81.8 Å². The fourth-order valence-electron chi connectivity index (χ4n) is 0.986. The van der Waals surface area contributed by atoms with E-state index in [1.807, 2.05) is 6.07 Å². The summed E-state index contributed by atoms with van der Waals surface area (Å²) < 4.78 is 13.2. The summed E-state index contributed by atoms with van der Waals surface area (Å²) in [7, 11) is 0. The average molecular weight is 194 g/mol. The number of nitrogens with one attached hydrogen (secondary N) is 1. The van der Waals surface area contributed by atoms with Crippen LogP contribution in [0, 0.1) is 17.1 Å². The highest BCUT2D eigenvalue weighted by Crippen LogP contribution is 2.14. The molecule has 1 aromatic rings. The van der Waals surface area contributed by atoms with E-state index in [0.29, 0.717) is 5.69 Å². The Morgan fingerprint density at radius 2 is 2.36 bits per heavy atom. The Morgan fingerprint density at radius 1 is 1.64 bits per heavy atom. The molecule has 0 aliphatic rings. The number of aliphatic hydroxyl groups excluding tert-OH is 1. The lowest BCUT2D eigenvalue weighted by atomic mass is 10.2. The predicted octanol–water partition coefficient (Wildman–Crippen LogP) is 1.49. The van der Waals surface area contributed by atoms with Crippen LogP contribution in [0.15, 0.2) is 18.2 Å². The van der Waals surface area contributed by atoms with Crippen molar-refractivity contribution in [2.24, 2.45) is 0 Å². The molecule has 1 rings (SSSR count). The zero-order valence-electron chi connectivity index (χ0n) is 7.79. The maximum absolute atomic E-state index is 13.2. The van der Waals surface area contributed by atoms with Gasteiger partial charge in [0.05, 0.1) is 23.4 Å². The summed E-state index contributed by atoms with van der Waals surface area (Å²) in [6.45, 7) is 1.89. The first kappa shape index (κ1) is 10.5. The van der Waals surface area contributed by atoms with Gasteiger partial charge in [0.2, 0.25) is 0 Å². The third-order valence-electron chi connectivity index (χ3n) is 1.69. The minimum absolute atomic E-state index is 0.281. The highest BCUT2D eigenvalue weighted by molar-refractivity contribution is 5.48. The second-order valence-corrected chi connectivity index (χ2v) is 3.04. The molecule has 0 aliphatic carbocycles. The molecule has 2 N–H and O–H groups in total. The summed E-state index contributed by atoms with van der Waals surface area (Å²) in [6.07, 6.45) is -0.537. The highest BCUT2D eigenvalue weighted by atomic mass is 19.1. The summed E-state index contributed by atoms with van der Waals surface area (Å²) >= 11 is 0. The molecular weight excluding hydrogens is 183 g/mol. The maximum Gasteiger partial charge on any atom is 0.147 e. The van der Waals surface area contributed by atoms with Gasteiger partial charge in [-0.1, -0.05) is 0 Å². The summed E-state index contributed by atoms with van der Waals surface area (Å²) in [4.78, 5) is 0. The van der Waals surface area contributed by atoms with Gasteiger partial charge in [0.1, 0.15) is 5.82 Å². The van der Waals surface area contributed by atoms with E-state index in [1.165, 1.54) is 12.1 Å². The number of benzene rings is 1. The van der Waals surface area contributed by atoms with Crippen molar-refractivity contribution in [3.05, 3.63) is 29.6 Å². The zero-order valence-corrected chi connectivity index (χ0v) is 7.79. The van der Waals surface area contributed by atoms with Gasteiger partial charge >= 0.3 is 0 Å².